The van der Waals surface area contributed by atoms with Crippen LogP contribution in [0.4, 0.5) is 5.69 Å². The first-order valence-corrected chi connectivity index (χ1v) is 5.58. The van der Waals surface area contributed by atoms with Crippen molar-refractivity contribution in [2.45, 2.75) is 6.92 Å². The minimum Gasteiger partial charge on any atom is -0.381 e. The highest BCUT2D eigenvalue weighted by atomic mass is 16.5. The minimum atomic E-state index is 0.742. The summed E-state index contributed by atoms with van der Waals surface area (Å²) in [4.78, 5) is 6.78. The lowest BCUT2D eigenvalue weighted by Gasteiger charge is -2.19. The molecule has 2 aliphatic rings. The number of nitrogens with zero attached hydrogens (tertiary/aromatic N) is 2. The molecule has 2 atom stereocenters. The van der Waals surface area contributed by atoms with Gasteiger partial charge < -0.3 is 9.64 Å². The Kier molecular flexibility index (Phi) is 2.13. The van der Waals surface area contributed by atoms with E-state index >= 15 is 0 Å². The van der Waals surface area contributed by atoms with Crippen molar-refractivity contribution >= 4 is 5.69 Å². The van der Waals surface area contributed by atoms with Crippen molar-refractivity contribution in [2.24, 2.45) is 11.8 Å². The van der Waals surface area contributed by atoms with Gasteiger partial charge in [-0.15, -0.1) is 0 Å². The molecule has 2 saturated heterocycles. The lowest BCUT2D eigenvalue weighted by Crippen LogP contribution is -2.22. The normalized spacial score (nSPS) is 29.5. The zero-order valence-electron chi connectivity index (χ0n) is 9.02. The van der Waals surface area contributed by atoms with Crippen LogP contribution in [0.3, 0.4) is 0 Å². The van der Waals surface area contributed by atoms with Gasteiger partial charge in [-0.1, -0.05) is 0 Å². The van der Waals surface area contributed by atoms with E-state index in [-0.39, 0.29) is 0 Å². The molecule has 0 aliphatic carbocycles. The Balaban J connectivity index is 1.76. The molecule has 0 unspecified atom stereocenters. The average molecular weight is 204 g/mol. The van der Waals surface area contributed by atoms with Crippen molar-refractivity contribution in [1.29, 1.82) is 0 Å². The van der Waals surface area contributed by atoms with Gasteiger partial charge in [0.1, 0.15) is 0 Å². The van der Waals surface area contributed by atoms with E-state index in [0.29, 0.717) is 0 Å². The Labute approximate surface area is 90.1 Å². The average Bonchev–Trinajstić information content (AvgIpc) is 2.78. The molecule has 3 nitrogen and oxygen atoms in total. The second-order valence-electron chi connectivity index (χ2n) is 4.62. The van der Waals surface area contributed by atoms with Gasteiger partial charge in [-0.25, -0.2) is 0 Å². The van der Waals surface area contributed by atoms with Crippen molar-refractivity contribution in [3.05, 3.63) is 24.0 Å². The van der Waals surface area contributed by atoms with Crippen LogP contribution < -0.4 is 4.90 Å². The summed E-state index contributed by atoms with van der Waals surface area (Å²) in [5.41, 5.74) is 2.34. The third kappa shape index (κ3) is 1.61. The molecule has 0 saturated carbocycles. The van der Waals surface area contributed by atoms with Crippen LogP contribution in [0.25, 0.3) is 0 Å². The number of hydrogen-bond donors (Lipinski definition) is 0. The maximum absolute atomic E-state index is 5.47. The van der Waals surface area contributed by atoms with Crippen LogP contribution in [0.5, 0.6) is 0 Å². The first-order valence-electron chi connectivity index (χ1n) is 5.58. The Hall–Kier alpha value is -1.09. The highest BCUT2D eigenvalue weighted by Crippen LogP contribution is 2.32. The summed E-state index contributed by atoms with van der Waals surface area (Å²) in [5.74, 6) is 1.48. The van der Waals surface area contributed by atoms with Crippen molar-refractivity contribution in [1.82, 2.24) is 4.98 Å². The van der Waals surface area contributed by atoms with Crippen LogP contribution in [-0.2, 0) is 4.74 Å². The standard InChI is InChI=1S/C12H16N2O/c1-9-2-3-12(4-13-9)14-5-10-7-15-8-11(10)6-14/h2-4,10-11H,5-8H2,1H3/t10-,11+. The minimum absolute atomic E-state index is 0.742. The third-order valence-electron chi connectivity index (χ3n) is 3.50. The number of ether oxygens (including phenoxy) is 1. The van der Waals surface area contributed by atoms with Crippen molar-refractivity contribution in [2.75, 3.05) is 31.2 Å². The molecule has 3 heteroatoms. The maximum Gasteiger partial charge on any atom is 0.0553 e. The Morgan fingerprint density at radius 2 is 2.00 bits per heavy atom. The van der Waals surface area contributed by atoms with Gasteiger partial charge in [0.15, 0.2) is 0 Å². The Morgan fingerprint density at radius 3 is 2.60 bits per heavy atom. The van der Waals surface area contributed by atoms with E-state index in [0.717, 1.165) is 43.8 Å². The van der Waals surface area contributed by atoms with Gasteiger partial charge in [0.2, 0.25) is 0 Å². The van der Waals surface area contributed by atoms with Crippen molar-refractivity contribution in [3.63, 3.8) is 0 Å². The number of pyridine rings is 1. The number of anilines is 1. The predicted octanol–water partition coefficient (Wildman–Crippen LogP) is 1.47. The number of aromatic nitrogens is 1. The second-order valence-corrected chi connectivity index (χ2v) is 4.62. The zero-order valence-corrected chi connectivity index (χ0v) is 9.02. The molecule has 3 rings (SSSR count). The highest BCUT2D eigenvalue weighted by Gasteiger charge is 2.37. The fourth-order valence-corrected chi connectivity index (χ4v) is 2.55. The molecule has 80 valence electrons. The van der Waals surface area contributed by atoms with Crippen LogP contribution in [0.2, 0.25) is 0 Å². The third-order valence-corrected chi connectivity index (χ3v) is 3.50. The van der Waals surface area contributed by atoms with Crippen LogP contribution in [-0.4, -0.2) is 31.3 Å². The quantitative estimate of drug-likeness (QED) is 0.692. The summed E-state index contributed by atoms with van der Waals surface area (Å²) in [6, 6.07) is 4.25. The molecule has 0 radical (unpaired) electrons. The molecule has 1 aromatic rings. The summed E-state index contributed by atoms with van der Waals surface area (Å²) >= 11 is 0. The molecule has 3 heterocycles. The van der Waals surface area contributed by atoms with E-state index in [1.807, 2.05) is 13.1 Å². The molecule has 0 aromatic carbocycles. The second kappa shape index (κ2) is 3.49. The van der Waals surface area contributed by atoms with E-state index in [9.17, 15) is 0 Å². The zero-order chi connectivity index (χ0) is 10.3. The van der Waals surface area contributed by atoms with Crippen LogP contribution in [0.1, 0.15) is 5.69 Å². The molecule has 2 fully saturated rings. The van der Waals surface area contributed by atoms with Crippen LogP contribution in [0.15, 0.2) is 18.3 Å². The van der Waals surface area contributed by atoms with E-state index in [1.54, 1.807) is 0 Å². The first kappa shape index (κ1) is 9.16. The van der Waals surface area contributed by atoms with Crippen molar-refractivity contribution < 1.29 is 4.74 Å². The SMILES string of the molecule is Cc1ccc(N2C[C@H]3COC[C@H]3C2)cn1. The van der Waals surface area contributed by atoms with Gasteiger partial charge >= 0.3 is 0 Å². The van der Waals surface area contributed by atoms with Gasteiger partial charge in [-0.05, 0) is 19.1 Å². The van der Waals surface area contributed by atoms with Gasteiger partial charge in [0.05, 0.1) is 25.1 Å². The summed E-state index contributed by atoms with van der Waals surface area (Å²) in [6.45, 7) is 6.18. The number of aryl methyl sites for hydroxylation is 1. The predicted molar refractivity (Wildman–Crippen MR) is 59.0 cm³/mol. The van der Waals surface area contributed by atoms with E-state index in [2.05, 4.69) is 22.0 Å². The monoisotopic (exact) mass is 204 g/mol. The molecule has 0 amide bonds. The van der Waals surface area contributed by atoms with Crippen LogP contribution in [0, 0.1) is 18.8 Å². The molecule has 0 N–H and O–H groups in total. The summed E-state index contributed by atoms with van der Waals surface area (Å²) in [5, 5.41) is 0. The van der Waals surface area contributed by atoms with Gasteiger partial charge in [-0.2, -0.15) is 0 Å². The van der Waals surface area contributed by atoms with E-state index < -0.39 is 0 Å². The summed E-state index contributed by atoms with van der Waals surface area (Å²) < 4.78 is 5.47. The molecule has 2 aliphatic heterocycles. The lowest BCUT2D eigenvalue weighted by molar-refractivity contribution is 0.177. The first-order chi connectivity index (χ1) is 7.33. The van der Waals surface area contributed by atoms with E-state index in [1.165, 1.54) is 5.69 Å². The fraction of sp³-hybridized carbons (Fsp3) is 0.583. The maximum atomic E-state index is 5.47. The van der Waals surface area contributed by atoms with Gasteiger partial charge in [0.25, 0.3) is 0 Å². The molecule has 0 spiro atoms. The lowest BCUT2D eigenvalue weighted by atomic mass is 10.0. The Bertz CT molecular complexity index is 337. The smallest absolute Gasteiger partial charge is 0.0553 e. The molecule has 1 aromatic heterocycles. The topological polar surface area (TPSA) is 25.4 Å². The Morgan fingerprint density at radius 1 is 1.27 bits per heavy atom. The number of hydrogen-bond acceptors (Lipinski definition) is 3. The fourth-order valence-electron chi connectivity index (χ4n) is 2.55. The highest BCUT2D eigenvalue weighted by molar-refractivity contribution is 5.46. The van der Waals surface area contributed by atoms with E-state index in [4.69, 9.17) is 4.74 Å². The molecular weight excluding hydrogens is 188 g/mol. The molecular formula is C12H16N2O. The molecule has 15 heavy (non-hydrogen) atoms. The summed E-state index contributed by atoms with van der Waals surface area (Å²) in [6.07, 6.45) is 1.98. The number of rotatable bonds is 1. The number of fused-ring (bicyclic) bond motifs is 1. The summed E-state index contributed by atoms with van der Waals surface area (Å²) in [7, 11) is 0. The van der Waals surface area contributed by atoms with Crippen molar-refractivity contribution in [3.8, 4) is 0 Å². The van der Waals surface area contributed by atoms with Crippen LogP contribution >= 0.6 is 0 Å². The van der Waals surface area contributed by atoms with Gasteiger partial charge in [0, 0.05) is 30.6 Å². The largest absolute Gasteiger partial charge is 0.381 e. The molecule has 0 bridgehead atoms. The van der Waals surface area contributed by atoms with Gasteiger partial charge in [-0.3, -0.25) is 4.98 Å².